The minimum atomic E-state index is 0.116. The Morgan fingerprint density at radius 1 is 1.30 bits per heavy atom. The van der Waals surface area contributed by atoms with Gasteiger partial charge in [0, 0.05) is 37.8 Å². The smallest absolute Gasteiger partial charge is 0.223 e. The maximum Gasteiger partial charge on any atom is 0.223 e. The zero-order valence-electron chi connectivity index (χ0n) is 15.8. The number of carbonyl (C=O) groups excluding carboxylic acids is 1. The van der Waals surface area contributed by atoms with Crippen LogP contribution in [0.15, 0.2) is 18.3 Å². The number of nitrogens with zero attached hydrogens (tertiary/aromatic N) is 3. The van der Waals surface area contributed by atoms with E-state index in [0.29, 0.717) is 11.6 Å². The van der Waals surface area contributed by atoms with E-state index in [2.05, 4.69) is 26.6 Å². The molecule has 7 heteroatoms. The first-order chi connectivity index (χ1) is 13.2. The second kappa shape index (κ2) is 10.2. The summed E-state index contributed by atoms with van der Waals surface area (Å²) in [5, 5.41) is 15.5. The first kappa shape index (κ1) is 19.6. The average Bonchev–Trinajstić information content (AvgIpc) is 2.72. The highest BCUT2D eigenvalue weighted by atomic mass is 16.5. The number of nitrogens with one attached hydrogen (secondary N) is 2. The van der Waals surface area contributed by atoms with Crippen molar-refractivity contribution in [2.24, 2.45) is 5.92 Å². The molecular weight excluding hydrogens is 342 g/mol. The Balaban J connectivity index is 1.32. The highest BCUT2D eigenvalue weighted by Crippen LogP contribution is 2.26. The highest BCUT2D eigenvalue weighted by molar-refractivity contribution is 5.78. The molecule has 3 rings (SSSR count). The molecule has 0 atom stereocenters. The van der Waals surface area contributed by atoms with Crippen LogP contribution in [0.3, 0.4) is 0 Å². The molecular formula is C20H29N5O2. The van der Waals surface area contributed by atoms with E-state index >= 15 is 0 Å². The third-order valence-corrected chi connectivity index (χ3v) is 5.39. The van der Waals surface area contributed by atoms with Gasteiger partial charge in [0.2, 0.25) is 5.91 Å². The molecule has 1 aliphatic heterocycles. The van der Waals surface area contributed by atoms with Crippen LogP contribution in [-0.2, 0) is 9.53 Å². The molecule has 2 fully saturated rings. The molecule has 0 radical (unpaired) electrons. The quantitative estimate of drug-likeness (QED) is 0.710. The minimum absolute atomic E-state index is 0.116. The number of rotatable bonds is 7. The fraction of sp³-hybridized carbons (Fsp3) is 0.650. The SMILES string of the molecule is N#Cc1ccnc(NC2CCC(C(=O)NCCCN3CCOCC3)CC2)c1. The zero-order chi connectivity index (χ0) is 18.9. The fourth-order valence-electron chi connectivity index (χ4n) is 3.77. The molecule has 27 heavy (non-hydrogen) atoms. The largest absolute Gasteiger partial charge is 0.379 e. The van der Waals surface area contributed by atoms with Gasteiger partial charge in [-0.2, -0.15) is 5.26 Å². The van der Waals surface area contributed by atoms with Crippen molar-refractivity contribution in [3.63, 3.8) is 0 Å². The molecule has 2 aliphatic rings. The molecule has 7 nitrogen and oxygen atoms in total. The van der Waals surface area contributed by atoms with E-state index in [-0.39, 0.29) is 11.8 Å². The van der Waals surface area contributed by atoms with Gasteiger partial charge in [0.05, 0.1) is 24.8 Å². The van der Waals surface area contributed by atoms with Gasteiger partial charge in [0.15, 0.2) is 0 Å². The summed E-state index contributed by atoms with van der Waals surface area (Å²) in [7, 11) is 0. The molecule has 2 heterocycles. The molecule has 0 spiro atoms. The number of hydrogen-bond donors (Lipinski definition) is 2. The molecule has 2 N–H and O–H groups in total. The van der Waals surface area contributed by atoms with Gasteiger partial charge >= 0.3 is 0 Å². The minimum Gasteiger partial charge on any atom is -0.379 e. The Hall–Kier alpha value is -2.17. The van der Waals surface area contributed by atoms with Crippen LogP contribution in [0.4, 0.5) is 5.82 Å². The van der Waals surface area contributed by atoms with E-state index in [1.807, 2.05) is 0 Å². The van der Waals surface area contributed by atoms with Gasteiger partial charge in [-0.3, -0.25) is 9.69 Å². The van der Waals surface area contributed by atoms with Crippen LogP contribution in [0.2, 0.25) is 0 Å². The predicted molar refractivity (Wildman–Crippen MR) is 103 cm³/mol. The van der Waals surface area contributed by atoms with E-state index in [4.69, 9.17) is 10.00 Å². The molecule has 0 bridgehead atoms. The summed E-state index contributed by atoms with van der Waals surface area (Å²) >= 11 is 0. The van der Waals surface area contributed by atoms with Crippen LogP contribution in [-0.4, -0.2) is 61.2 Å². The summed E-state index contributed by atoms with van der Waals surface area (Å²) in [6, 6.07) is 5.92. The van der Waals surface area contributed by atoms with Crippen molar-refractivity contribution < 1.29 is 9.53 Å². The maximum absolute atomic E-state index is 12.4. The molecule has 1 aliphatic carbocycles. The third kappa shape index (κ3) is 6.19. The number of anilines is 1. The Kier molecular flexibility index (Phi) is 7.43. The van der Waals surface area contributed by atoms with Crippen molar-refractivity contribution >= 4 is 11.7 Å². The lowest BCUT2D eigenvalue weighted by Gasteiger charge is -2.29. The maximum atomic E-state index is 12.4. The van der Waals surface area contributed by atoms with Gasteiger partial charge in [0.25, 0.3) is 0 Å². The Bertz CT molecular complexity index is 646. The number of nitriles is 1. The van der Waals surface area contributed by atoms with Crippen LogP contribution < -0.4 is 10.6 Å². The number of pyridine rings is 1. The molecule has 0 unspecified atom stereocenters. The van der Waals surface area contributed by atoms with Gasteiger partial charge < -0.3 is 15.4 Å². The van der Waals surface area contributed by atoms with Crippen LogP contribution in [0.5, 0.6) is 0 Å². The van der Waals surface area contributed by atoms with Crippen LogP contribution in [0, 0.1) is 17.2 Å². The number of hydrogen-bond acceptors (Lipinski definition) is 6. The van der Waals surface area contributed by atoms with Crippen molar-refractivity contribution in [1.29, 1.82) is 5.26 Å². The topological polar surface area (TPSA) is 90.3 Å². The second-order valence-electron chi connectivity index (χ2n) is 7.33. The van der Waals surface area contributed by atoms with Crippen molar-refractivity contribution in [3.8, 4) is 6.07 Å². The molecule has 0 aromatic carbocycles. The normalized spacial score (nSPS) is 23.4. The third-order valence-electron chi connectivity index (χ3n) is 5.39. The van der Waals surface area contributed by atoms with Crippen molar-refractivity contribution in [2.45, 2.75) is 38.1 Å². The number of morpholine rings is 1. The van der Waals surface area contributed by atoms with Gasteiger partial charge in [-0.25, -0.2) is 4.98 Å². The summed E-state index contributed by atoms with van der Waals surface area (Å²) in [5.41, 5.74) is 0.609. The molecule has 1 aromatic rings. The average molecular weight is 371 g/mol. The Labute approximate surface area is 161 Å². The predicted octanol–water partition coefficient (Wildman–Crippen LogP) is 1.76. The van der Waals surface area contributed by atoms with Crippen LogP contribution >= 0.6 is 0 Å². The van der Waals surface area contributed by atoms with Crippen molar-refractivity contribution in [3.05, 3.63) is 23.9 Å². The summed E-state index contributed by atoms with van der Waals surface area (Å²) in [6.07, 6.45) is 6.32. The Morgan fingerprint density at radius 2 is 2.07 bits per heavy atom. The van der Waals surface area contributed by atoms with E-state index in [0.717, 1.165) is 77.3 Å². The van der Waals surface area contributed by atoms with E-state index in [1.165, 1.54) is 0 Å². The lowest BCUT2D eigenvalue weighted by atomic mass is 9.85. The summed E-state index contributed by atoms with van der Waals surface area (Å²) in [6.45, 7) is 5.41. The van der Waals surface area contributed by atoms with Gasteiger partial charge in [-0.15, -0.1) is 0 Å². The van der Waals surface area contributed by atoms with Crippen LogP contribution in [0.1, 0.15) is 37.7 Å². The zero-order valence-corrected chi connectivity index (χ0v) is 15.8. The lowest BCUT2D eigenvalue weighted by Crippen LogP contribution is -2.39. The fourth-order valence-corrected chi connectivity index (χ4v) is 3.77. The molecule has 1 saturated heterocycles. The Morgan fingerprint density at radius 3 is 2.81 bits per heavy atom. The summed E-state index contributed by atoms with van der Waals surface area (Å²) < 4.78 is 5.35. The van der Waals surface area contributed by atoms with Crippen molar-refractivity contribution in [2.75, 3.05) is 44.7 Å². The van der Waals surface area contributed by atoms with E-state index in [9.17, 15) is 4.79 Å². The highest BCUT2D eigenvalue weighted by Gasteiger charge is 2.26. The first-order valence-corrected chi connectivity index (χ1v) is 9.95. The number of aromatic nitrogens is 1. The number of carbonyl (C=O) groups is 1. The van der Waals surface area contributed by atoms with Gasteiger partial charge in [-0.05, 0) is 50.8 Å². The second-order valence-corrected chi connectivity index (χ2v) is 7.33. The molecule has 1 amide bonds. The van der Waals surface area contributed by atoms with Crippen LogP contribution in [0.25, 0.3) is 0 Å². The van der Waals surface area contributed by atoms with Gasteiger partial charge in [-0.1, -0.05) is 0 Å². The molecule has 1 saturated carbocycles. The van der Waals surface area contributed by atoms with E-state index < -0.39 is 0 Å². The summed E-state index contributed by atoms with van der Waals surface area (Å²) in [5.74, 6) is 1.05. The lowest BCUT2D eigenvalue weighted by molar-refractivity contribution is -0.125. The standard InChI is InChI=1S/C20H29N5O2/c21-15-16-6-8-22-19(14-16)24-18-4-2-17(3-5-18)20(26)23-7-1-9-25-10-12-27-13-11-25/h6,8,14,17-18H,1-5,7,9-13H2,(H,22,24)(H,23,26). The number of ether oxygens (including phenoxy) is 1. The molecule has 1 aromatic heterocycles. The number of amides is 1. The summed E-state index contributed by atoms with van der Waals surface area (Å²) in [4.78, 5) is 19.0. The van der Waals surface area contributed by atoms with Crippen molar-refractivity contribution in [1.82, 2.24) is 15.2 Å². The monoisotopic (exact) mass is 371 g/mol. The molecule has 146 valence electrons. The first-order valence-electron chi connectivity index (χ1n) is 9.95. The van der Waals surface area contributed by atoms with E-state index in [1.54, 1.807) is 18.3 Å². The van der Waals surface area contributed by atoms with Gasteiger partial charge in [0.1, 0.15) is 5.82 Å².